The third kappa shape index (κ3) is 2.94. The zero-order chi connectivity index (χ0) is 12.3. The highest BCUT2D eigenvalue weighted by Crippen LogP contribution is 2.20. The summed E-state index contributed by atoms with van der Waals surface area (Å²) in [4.78, 5) is 11.0. The number of hydrogen-bond donors (Lipinski definition) is 1. The maximum atomic E-state index is 11.2. The van der Waals surface area contributed by atoms with E-state index in [9.17, 15) is 13.2 Å². The van der Waals surface area contributed by atoms with Crippen molar-refractivity contribution in [2.45, 2.75) is 18.2 Å². The predicted octanol–water partition coefficient (Wildman–Crippen LogP) is 1.83. The molecule has 0 aliphatic rings. The van der Waals surface area contributed by atoms with E-state index in [4.69, 9.17) is 16.3 Å². The normalized spacial score (nSPS) is 11.2. The van der Waals surface area contributed by atoms with E-state index in [2.05, 4.69) is 0 Å². The van der Waals surface area contributed by atoms with Gasteiger partial charge in [-0.2, -0.15) is 8.42 Å². The quantitative estimate of drug-likeness (QED) is 0.667. The van der Waals surface area contributed by atoms with Crippen LogP contribution in [0.4, 0.5) is 5.69 Å². The smallest absolute Gasteiger partial charge is 0.282 e. The highest BCUT2D eigenvalue weighted by atomic mass is 35.5. The first-order valence-electron chi connectivity index (χ1n) is 4.42. The van der Waals surface area contributed by atoms with E-state index in [1.165, 1.54) is 24.3 Å². The van der Waals surface area contributed by atoms with E-state index in [1.807, 2.05) is 0 Å². The first-order chi connectivity index (χ1) is 7.36. The number of anilines is 1. The summed E-state index contributed by atoms with van der Waals surface area (Å²) in [5, 5.41) is 0. The van der Waals surface area contributed by atoms with E-state index in [-0.39, 0.29) is 17.2 Å². The Kier molecular flexibility index (Phi) is 3.90. The van der Waals surface area contributed by atoms with Crippen LogP contribution in [0.3, 0.4) is 0 Å². The van der Waals surface area contributed by atoms with Crippen molar-refractivity contribution in [2.24, 2.45) is 0 Å². The molecule has 0 unspecified atom stereocenters. The lowest BCUT2D eigenvalue weighted by atomic mass is 10.3. The largest absolute Gasteiger partial charge is 0.294 e. The molecule has 88 valence electrons. The zero-order valence-electron chi connectivity index (χ0n) is 8.42. The fourth-order valence-electron chi connectivity index (χ4n) is 1.03. The van der Waals surface area contributed by atoms with Crippen molar-refractivity contribution in [3.63, 3.8) is 0 Å². The van der Waals surface area contributed by atoms with Crippen LogP contribution in [-0.2, 0) is 14.9 Å². The van der Waals surface area contributed by atoms with Crippen LogP contribution in [0.5, 0.6) is 0 Å². The molecular formula is C9H10ClNO4S. The fraction of sp³-hybridized carbons (Fsp3) is 0.222. The van der Waals surface area contributed by atoms with Crippen molar-refractivity contribution in [1.29, 1.82) is 0 Å². The van der Waals surface area contributed by atoms with Crippen molar-refractivity contribution >= 4 is 33.5 Å². The summed E-state index contributed by atoms with van der Waals surface area (Å²) in [5.74, 6) is -0.304. The van der Waals surface area contributed by atoms with Gasteiger partial charge < -0.3 is 0 Å². The predicted molar refractivity (Wildman–Crippen MR) is 59.9 cm³/mol. The summed E-state index contributed by atoms with van der Waals surface area (Å²) in [7, 11) is -4.22. The molecule has 5 nitrogen and oxygen atoms in total. The number of halogens is 1. The molecule has 0 fully saturated rings. The number of carbonyl (C=O) groups excluding carboxylic acids is 1. The number of hydrogen-bond acceptors (Lipinski definition) is 3. The van der Waals surface area contributed by atoms with Crippen LogP contribution in [0, 0.1) is 0 Å². The Balaban J connectivity index is 3.00. The Bertz CT molecular complexity index is 483. The molecule has 0 saturated carbocycles. The number of benzene rings is 1. The first kappa shape index (κ1) is 13.0. The van der Waals surface area contributed by atoms with Crippen LogP contribution in [0.15, 0.2) is 29.2 Å². The van der Waals surface area contributed by atoms with Gasteiger partial charge >= 0.3 is 0 Å². The third-order valence-electron chi connectivity index (χ3n) is 1.88. The van der Waals surface area contributed by atoms with Crippen molar-refractivity contribution in [1.82, 2.24) is 0 Å². The highest BCUT2D eigenvalue weighted by molar-refractivity contribution is 7.85. The topological polar surface area (TPSA) is 74.7 Å². The minimum absolute atomic E-state index is 0.240. The van der Waals surface area contributed by atoms with Gasteiger partial charge in [-0.3, -0.25) is 9.35 Å². The van der Waals surface area contributed by atoms with E-state index >= 15 is 0 Å². The molecule has 7 heteroatoms. The Morgan fingerprint density at radius 2 is 1.88 bits per heavy atom. The lowest BCUT2D eigenvalue weighted by Gasteiger charge is -2.12. The second-order valence-electron chi connectivity index (χ2n) is 3.00. The SMILES string of the molecule is CCC(=O)N(Cl)c1ccc(S(=O)(=O)O)cc1. The monoisotopic (exact) mass is 263 g/mol. The van der Waals surface area contributed by atoms with E-state index in [1.54, 1.807) is 6.92 Å². The number of rotatable bonds is 3. The van der Waals surface area contributed by atoms with Crippen LogP contribution in [0.2, 0.25) is 0 Å². The molecule has 0 atom stereocenters. The van der Waals surface area contributed by atoms with Gasteiger partial charge in [0.1, 0.15) is 0 Å². The second-order valence-corrected chi connectivity index (χ2v) is 4.76. The summed E-state index contributed by atoms with van der Waals surface area (Å²) < 4.78 is 31.1. The molecule has 0 aliphatic heterocycles. The fourth-order valence-corrected chi connectivity index (χ4v) is 1.74. The average molecular weight is 264 g/mol. The Labute approximate surface area is 98.5 Å². The maximum absolute atomic E-state index is 11.2. The van der Waals surface area contributed by atoms with Gasteiger partial charge in [-0.15, -0.1) is 0 Å². The molecule has 1 rings (SSSR count). The van der Waals surface area contributed by atoms with E-state index in [0.717, 1.165) is 4.42 Å². The Hall–Kier alpha value is -1.11. The van der Waals surface area contributed by atoms with Gasteiger partial charge in [0.05, 0.1) is 10.6 Å². The molecular weight excluding hydrogens is 254 g/mol. The summed E-state index contributed by atoms with van der Waals surface area (Å²) >= 11 is 5.70. The van der Waals surface area contributed by atoms with Crippen molar-refractivity contribution in [3.05, 3.63) is 24.3 Å². The number of carbonyl (C=O) groups is 1. The first-order valence-corrected chi connectivity index (χ1v) is 6.20. The van der Waals surface area contributed by atoms with Crippen molar-refractivity contribution < 1.29 is 17.8 Å². The summed E-state index contributed by atoms with van der Waals surface area (Å²) in [5.41, 5.74) is 0.348. The van der Waals surface area contributed by atoms with Gasteiger partial charge in [0.25, 0.3) is 10.1 Å². The van der Waals surface area contributed by atoms with E-state index in [0.29, 0.717) is 5.69 Å². The van der Waals surface area contributed by atoms with Gasteiger partial charge in [-0.25, -0.2) is 4.42 Å². The molecule has 16 heavy (non-hydrogen) atoms. The molecule has 0 heterocycles. The lowest BCUT2D eigenvalue weighted by Crippen LogP contribution is -2.19. The second kappa shape index (κ2) is 4.82. The molecule has 0 radical (unpaired) electrons. The molecule has 1 amide bonds. The van der Waals surface area contributed by atoms with Crippen molar-refractivity contribution in [2.75, 3.05) is 4.42 Å². The van der Waals surface area contributed by atoms with Crippen LogP contribution in [0.25, 0.3) is 0 Å². The molecule has 0 bridgehead atoms. The Morgan fingerprint density at radius 3 is 2.25 bits per heavy atom. The summed E-state index contributed by atoms with van der Waals surface area (Å²) in [6.45, 7) is 1.66. The van der Waals surface area contributed by atoms with Gasteiger partial charge in [0.15, 0.2) is 0 Å². The third-order valence-corrected chi connectivity index (χ3v) is 3.13. The van der Waals surface area contributed by atoms with Gasteiger partial charge in [-0.05, 0) is 24.3 Å². The molecule has 0 saturated heterocycles. The number of nitrogens with zero attached hydrogens (tertiary/aromatic N) is 1. The van der Waals surface area contributed by atoms with Crippen LogP contribution in [-0.4, -0.2) is 18.9 Å². The maximum Gasteiger partial charge on any atom is 0.294 e. The molecule has 1 N–H and O–H groups in total. The van der Waals surface area contributed by atoms with Crippen LogP contribution in [0.1, 0.15) is 13.3 Å². The molecule has 0 spiro atoms. The van der Waals surface area contributed by atoms with Crippen LogP contribution >= 0.6 is 11.8 Å². The number of amides is 1. The summed E-state index contributed by atoms with van der Waals surface area (Å²) in [6, 6.07) is 5.01. The van der Waals surface area contributed by atoms with E-state index < -0.39 is 10.1 Å². The molecule has 0 aliphatic carbocycles. The lowest BCUT2D eigenvalue weighted by molar-refractivity contribution is -0.117. The summed E-state index contributed by atoms with van der Waals surface area (Å²) in [6.07, 6.45) is 0.240. The highest BCUT2D eigenvalue weighted by Gasteiger charge is 2.13. The molecule has 1 aromatic rings. The standard InChI is InChI=1S/C9H10ClNO4S/c1-2-9(12)11(10)7-3-5-8(6-4-7)16(13,14)15/h3-6H,2H2,1H3,(H,13,14,15). The zero-order valence-corrected chi connectivity index (χ0v) is 9.99. The van der Waals surface area contributed by atoms with Gasteiger partial charge in [-0.1, -0.05) is 6.92 Å². The van der Waals surface area contributed by atoms with Crippen molar-refractivity contribution in [3.8, 4) is 0 Å². The average Bonchev–Trinajstić information content (AvgIpc) is 2.26. The molecule has 0 aromatic heterocycles. The van der Waals surface area contributed by atoms with Crippen LogP contribution < -0.4 is 4.42 Å². The van der Waals surface area contributed by atoms with Gasteiger partial charge in [0, 0.05) is 18.2 Å². The molecule has 1 aromatic carbocycles. The minimum Gasteiger partial charge on any atom is -0.282 e. The Morgan fingerprint density at radius 1 is 1.38 bits per heavy atom. The minimum atomic E-state index is -4.22. The van der Waals surface area contributed by atoms with Gasteiger partial charge in [0.2, 0.25) is 5.91 Å².